The van der Waals surface area contributed by atoms with Gasteiger partial charge in [0.1, 0.15) is 23.6 Å². The van der Waals surface area contributed by atoms with Crippen molar-refractivity contribution in [2.24, 2.45) is 0 Å². The summed E-state index contributed by atoms with van der Waals surface area (Å²) >= 11 is 0. The number of carbonyl (C=O) groups excluding carboxylic acids is 2. The Morgan fingerprint density at radius 3 is 2.51 bits per heavy atom. The van der Waals surface area contributed by atoms with Crippen LogP contribution in [0.2, 0.25) is 0 Å². The molecule has 0 radical (unpaired) electrons. The third-order valence-electron chi connectivity index (χ3n) is 5.63. The lowest BCUT2D eigenvalue weighted by molar-refractivity contribution is -0.527. The number of hydrogen-bond donors (Lipinski definition) is 1. The van der Waals surface area contributed by atoms with Crippen molar-refractivity contribution in [2.75, 3.05) is 20.3 Å². The predicted octanol–water partition coefficient (Wildman–Crippen LogP) is 3.16. The van der Waals surface area contributed by atoms with Gasteiger partial charge >= 0.3 is 11.9 Å². The molecular weight excluding hydrogens is 456 g/mol. The molecule has 0 spiro atoms. The molecule has 2 aromatic rings. The van der Waals surface area contributed by atoms with E-state index in [2.05, 4.69) is 5.32 Å². The summed E-state index contributed by atoms with van der Waals surface area (Å²) < 4.78 is 21.0. The third-order valence-corrected chi connectivity index (χ3v) is 5.63. The molecule has 2 aromatic carbocycles. The van der Waals surface area contributed by atoms with Crippen LogP contribution in [0, 0.1) is 10.1 Å². The van der Waals surface area contributed by atoms with Gasteiger partial charge in [0.15, 0.2) is 0 Å². The second-order valence-corrected chi connectivity index (χ2v) is 7.66. The molecule has 1 aliphatic rings. The highest BCUT2D eigenvalue weighted by Gasteiger charge is 2.55. The number of nitrogens with one attached hydrogen (secondary N) is 1. The zero-order valence-electron chi connectivity index (χ0n) is 19.7. The van der Waals surface area contributed by atoms with Gasteiger partial charge in [0.05, 0.1) is 38.6 Å². The van der Waals surface area contributed by atoms with E-state index in [-0.39, 0.29) is 19.0 Å². The number of nitro groups is 1. The summed E-state index contributed by atoms with van der Waals surface area (Å²) in [4.78, 5) is 36.6. The van der Waals surface area contributed by atoms with E-state index in [0.29, 0.717) is 16.9 Å². The van der Waals surface area contributed by atoms with Gasteiger partial charge in [-0.05, 0) is 37.6 Å². The summed E-state index contributed by atoms with van der Waals surface area (Å²) in [5, 5.41) is 15.5. The standard InChI is InChI=1S/C25H28N2O8/c1-4-33-20(28)13-14-35-19-12-7-6-11-18(19)21-23(25(29)34-5-2)26-22(24(21)27(30)31)16-9-8-10-17(15-16)32-3/h6-15,21-24,26H,4-5H2,1-3H3/b14-13+/t21-,22+,23+,24+/m1/s1. The highest BCUT2D eigenvalue weighted by Crippen LogP contribution is 2.44. The number of methoxy groups -OCH3 is 1. The van der Waals surface area contributed by atoms with Crippen LogP contribution >= 0.6 is 0 Å². The van der Waals surface area contributed by atoms with Crippen LogP contribution < -0.4 is 14.8 Å². The Hall–Kier alpha value is -3.92. The molecule has 0 aromatic heterocycles. The van der Waals surface area contributed by atoms with Gasteiger partial charge in [-0.1, -0.05) is 30.3 Å². The van der Waals surface area contributed by atoms with E-state index >= 15 is 0 Å². The Balaban J connectivity index is 2.05. The zero-order chi connectivity index (χ0) is 25.4. The average molecular weight is 485 g/mol. The van der Waals surface area contributed by atoms with Crippen molar-refractivity contribution in [3.05, 3.63) is 82.1 Å². The smallest absolute Gasteiger partial charge is 0.333 e. The highest BCUT2D eigenvalue weighted by atomic mass is 16.6. The Bertz CT molecular complexity index is 1090. The molecule has 10 nitrogen and oxygen atoms in total. The molecule has 1 aliphatic heterocycles. The average Bonchev–Trinajstić information content (AvgIpc) is 3.26. The molecule has 186 valence electrons. The molecule has 0 bridgehead atoms. The number of ether oxygens (including phenoxy) is 4. The Labute approximate surface area is 203 Å². The minimum atomic E-state index is -1.23. The Morgan fingerprint density at radius 1 is 1.09 bits per heavy atom. The summed E-state index contributed by atoms with van der Waals surface area (Å²) in [6.07, 6.45) is 2.26. The fourth-order valence-electron chi connectivity index (χ4n) is 4.21. The number of esters is 2. The molecule has 1 saturated heterocycles. The number of hydrogen-bond acceptors (Lipinski definition) is 9. The van der Waals surface area contributed by atoms with Crippen LogP contribution in [-0.4, -0.2) is 49.3 Å². The molecule has 4 atom stereocenters. The van der Waals surface area contributed by atoms with Crippen molar-refractivity contribution in [3.8, 4) is 11.5 Å². The maximum absolute atomic E-state index is 12.9. The first-order valence-corrected chi connectivity index (χ1v) is 11.2. The largest absolute Gasteiger partial charge is 0.497 e. The first-order valence-electron chi connectivity index (χ1n) is 11.2. The second-order valence-electron chi connectivity index (χ2n) is 7.66. The first kappa shape index (κ1) is 25.7. The topological polar surface area (TPSA) is 126 Å². The van der Waals surface area contributed by atoms with Crippen molar-refractivity contribution in [1.82, 2.24) is 5.32 Å². The van der Waals surface area contributed by atoms with Gasteiger partial charge in [-0.2, -0.15) is 0 Å². The van der Waals surface area contributed by atoms with Crippen LogP contribution in [0.25, 0.3) is 0 Å². The van der Waals surface area contributed by atoms with Crippen molar-refractivity contribution in [2.45, 2.75) is 37.9 Å². The van der Waals surface area contributed by atoms with E-state index in [0.717, 1.165) is 12.3 Å². The summed E-state index contributed by atoms with van der Waals surface area (Å²) in [5.41, 5.74) is 1.03. The number of benzene rings is 2. The van der Waals surface area contributed by atoms with Gasteiger partial charge in [-0.15, -0.1) is 0 Å². The van der Waals surface area contributed by atoms with E-state index in [4.69, 9.17) is 18.9 Å². The van der Waals surface area contributed by atoms with Crippen molar-refractivity contribution in [1.29, 1.82) is 0 Å². The summed E-state index contributed by atoms with van der Waals surface area (Å²) in [6.45, 7) is 3.69. The van der Waals surface area contributed by atoms with Crippen LogP contribution in [0.1, 0.15) is 36.9 Å². The Morgan fingerprint density at radius 2 is 1.83 bits per heavy atom. The molecule has 1 heterocycles. The quantitative estimate of drug-likeness (QED) is 0.178. The monoisotopic (exact) mass is 484 g/mol. The van der Waals surface area contributed by atoms with Crippen LogP contribution in [0.3, 0.4) is 0 Å². The SMILES string of the molecule is CCOC(=O)/C=C/Oc1ccccc1[C@H]1[C@H]([N+](=O)[O-])[C@H](c2cccc(OC)c2)N[C@@H]1C(=O)OCC. The maximum atomic E-state index is 12.9. The predicted molar refractivity (Wildman–Crippen MR) is 126 cm³/mol. The summed E-state index contributed by atoms with van der Waals surface area (Å²) in [7, 11) is 1.51. The van der Waals surface area contributed by atoms with Gasteiger partial charge in [-0.25, -0.2) is 4.79 Å². The lowest BCUT2D eigenvalue weighted by Crippen LogP contribution is -2.37. The van der Waals surface area contributed by atoms with Gasteiger partial charge in [0, 0.05) is 10.5 Å². The van der Waals surface area contributed by atoms with Gasteiger partial charge in [0.2, 0.25) is 6.04 Å². The number of carbonyl (C=O) groups is 2. The molecule has 0 amide bonds. The van der Waals surface area contributed by atoms with E-state index in [1.807, 2.05) is 0 Å². The zero-order valence-corrected chi connectivity index (χ0v) is 19.7. The molecule has 35 heavy (non-hydrogen) atoms. The molecule has 1 N–H and O–H groups in total. The summed E-state index contributed by atoms with van der Waals surface area (Å²) in [6, 6.07) is 10.5. The van der Waals surface area contributed by atoms with Gasteiger partial charge < -0.3 is 18.9 Å². The molecule has 3 rings (SSSR count). The fraction of sp³-hybridized carbons (Fsp3) is 0.360. The normalized spacial score (nSPS) is 21.5. The number of rotatable bonds is 10. The van der Waals surface area contributed by atoms with Crippen LogP contribution in [-0.2, 0) is 19.1 Å². The molecule has 0 saturated carbocycles. The lowest BCUT2D eigenvalue weighted by atomic mass is 9.85. The third kappa shape index (κ3) is 5.96. The molecule has 0 unspecified atom stereocenters. The Kier molecular flexibility index (Phi) is 8.80. The fourth-order valence-corrected chi connectivity index (χ4v) is 4.21. The van der Waals surface area contributed by atoms with Crippen molar-refractivity contribution >= 4 is 11.9 Å². The molecule has 10 heteroatoms. The van der Waals surface area contributed by atoms with Crippen LogP contribution in [0.4, 0.5) is 0 Å². The van der Waals surface area contributed by atoms with E-state index in [1.54, 1.807) is 62.4 Å². The molecular formula is C25H28N2O8. The highest BCUT2D eigenvalue weighted by molar-refractivity contribution is 5.81. The van der Waals surface area contributed by atoms with Crippen molar-refractivity contribution in [3.63, 3.8) is 0 Å². The van der Waals surface area contributed by atoms with Crippen LogP contribution in [0.5, 0.6) is 11.5 Å². The second kappa shape index (κ2) is 12.0. The lowest BCUT2D eigenvalue weighted by Gasteiger charge is -2.21. The molecule has 0 aliphatic carbocycles. The van der Waals surface area contributed by atoms with Crippen molar-refractivity contribution < 1.29 is 33.5 Å². The molecule has 1 fully saturated rings. The summed E-state index contributed by atoms with van der Waals surface area (Å²) in [5.74, 6) is -1.31. The van der Waals surface area contributed by atoms with E-state index in [1.165, 1.54) is 7.11 Å². The van der Waals surface area contributed by atoms with Gasteiger partial charge in [-0.3, -0.25) is 20.2 Å². The minimum Gasteiger partial charge on any atom is -0.497 e. The number of para-hydroxylation sites is 1. The van der Waals surface area contributed by atoms with Gasteiger partial charge in [0.25, 0.3) is 0 Å². The van der Waals surface area contributed by atoms with E-state index in [9.17, 15) is 19.7 Å². The van der Waals surface area contributed by atoms with Crippen LogP contribution in [0.15, 0.2) is 60.9 Å². The number of nitrogens with zero attached hydrogens (tertiary/aromatic N) is 1. The first-order chi connectivity index (χ1) is 16.9. The van der Waals surface area contributed by atoms with E-state index < -0.39 is 40.9 Å². The minimum absolute atomic E-state index is 0.122. The maximum Gasteiger partial charge on any atom is 0.333 e.